The maximum absolute atomic E-state index is 10.9. The lowest BCUT2D eigenvalue weighted by molar-refractivity contribution is -0.145. The van der Waals surface area contributed by atoms with Gasteiger partial charge in [-0.15, -0.1) is 0 Å². The van der Waals surface area contributed by atoms with E-state index in [1.807, 2.05) is 7.05 Å². The highest BCUT2D eigenvalue weighted by molar-refractivity contribution is 5.62. The first-order chi connectivity index (χ1) is 5.68. The number of hydrogen-bond acceptors (Lipinski definition) is 3. The summed E-state index contributed by atoms with van der Waals surface area (Å²) in [5, 5.41) is 0. The van der Waals surface area contributed by atoms with Crippen LogP contribution >= 0.6 is 0 Å². The SMILES string of the molecule is CC1CC2COC(C=O)(C1)N2C. The minimum Gasteiger partial charge on any atom is -0.352 e. The number of ether oxygens (including phenoxy) is 1. The summed E-state index contributed by atoms with van der Waals surface area (Å²) in [6, 6.07) is 0.457. The van der Waals surface area contributed by atoms with E-state index >= 15 is 0 Å². The van der Waals surface area contributed by atoms with Gasteiger partial charge in [0.05, 0.1) is 6.61 Å². The molecule has 0 aromatic rings. The lowest BCUT2D eigenvalue weighted by Gasteiger charge is -2.39. The Morgan fingerprint density at radius 3 is 3.08 bits per heavy atom. The molecule has 3 heteroatoms. The average molecular weight is 169 g/mol. The second-order valence-electron chi connectivity index (χ2n) is 4.08. The van der Waals surface area contributed by atoms with Crippen LogP contribution in [0.3, 0.4) is 0 Å². The van der Waals surface area contributed by atoms with E-state index in [0.717, 1.165) is 25.7 Å². The predicted octanol–water partition coefficient (Wildman–Crippen LogP) is 0.642. The summed E-state index contributed by atoms with van der Waals surface area (Å²) in [5.41, 5.74) is -0.581. The number of aldehydes is 1. The maximum Gasteiger partial charge on any atom is 0.178 e. The highest BCUT2D eigenvalue weighted by Gasteiger charge is 2.50. The summed E-state index contributed by atoms with van der Waals surface area (Å²) >= 11 is 0. The Morgan fingerprint density at radius 1 is 1.67 bits per heavy atom. The van der Waals surface area contributed by atoms with Gasteiger partial charge in [0.1, 0.15) is 0 Å². The monoisotopic (exact) mass is 169 g/mol. The quantitative estimate of drug-likeness (QED) is 0.539. The van der Waals surface area contributed by atoms with E-state index in [-0.39, 0.29) is 0 Å². The van der Waals surface area contributed by atoms with Crippen molar-refractivity contribution in [2.45, 2.75) is 31.5 Å². The molecule has 0 aromatic heterocycles. The topological polar surface area (TPSA) is 29.5 Å². The third-order valence-electron chi connectivity index (χ3n) is 3.17. The highest BCUT2D eigenvalue weighted by atomic mass is 16.5. The molecule has 2 heterocycles. The summed E-state index contributed by atoms with van der Waals surface area (Å²) in [7, 11) is 1.98. The maximum atomic E-state index is 10.9. The van der Waals surface area contributed by atoms with Gasteiger partial charge in [-0.3, -0.25) is 9.69 Å². The van der Waals surface area contributed by atoms with Crippen molar-refractivity contribution >= 4 is 6.29 Å². The molecule has 2 bridgehead atoms. The van der Waals surface area contributed by atoms with Gasteiger partial charge < -0.3 is 4.74 Å². The Hall–Kier alpha value is -0.410. The normalized spacial score (nSPS) is 47.8. The number of carbonyl (C=O) groups excluding carboxylic acids is 1. The molecule has 2 saturated heterocycles. The Kier molecular flexibility index (Phi) is 1.73. The largest absolute Gasteiger partial charge is 0.352 e. The molecular weight excluding hydrogens is 154 g/mol. The lowest BCUT2D eigenvalue weighted by atomic mass is 9.88. The summed E-state index contributed by atoms with van der Waals surface area (Å²) < 4.78 is 5.55. The number of piperidine rings is 1. The van der Waals surface area contributed by atoms with Gasteiger partial charge in [0.2, 0.25) is 0 Å². The number of fused-ring (bicyclic) bond motifs is 2. The van der Waals surface area contributed by atoms with Crippen molar-refractivity contribution < 1.29 is 9.53 Å². The zero-order valence-electron chi connectivity index (χ0n) is 7.62. The van der Waals surface area contributed by atoms with Crippen LogP contribution in [0, 0.1) is 5.92 Å². The first kappa shape index (κ1) is 8.20. The molecule has 0 aliphatic carbocycles. The highest BCUT2D eigenvalue weighted by Crippen LogP contribution is 2.39. The number of carbonyl (C=O) groups is 1. The predicted molar refractivity (Wildman–Crippen MR) is 44.7 cm³/mol. The molecule has 12 heavy (non-hydrogen) atoms. The first-order valence-electron chi connectivity index (χ1n) is 4.51. The average Bonchev–Trinajstić information content (AvgIpc) is 2.29. The van der Waals surface area contributed by atoms with Crippen molar-refractivity contribution in [3.05, 3.63) is 0 Å². The molecule has 0 spiro atoms. The van der Waals surface area contributed by atoms with E-state index in [4.69, 9.17) is 4.74 Å². The van der Waals surface area contributed by atoms with Crippen molar-refractivity contribution in [1.29, 1.82) is 0 Å². The molecular formula is C9H15NO2. The molecule has 3 unspecified atom stereocenters. The smallest absolute Gasteiger partial charge is 0.178 e. The molecule has 3 nitrogen and oxygen atoms in total. The zero-order valence-corrected chi connectivity index (χ0v) is 7.62. The van der Waals surface area contributed by atoms with E-state index in [0.29, 0.717) is 12.0 Å². The van der Waals surface area contributed by atoms with Crippen molar-refractivity contribution in [1.82, 2.24) is 4.90 Å². The second kappa shape index (κ2) is 2.54. The molecule has 0 N–H and O–H groups in total. The van der Waals surface area contributed by atoms with Gasteiger partial charge in [-0.05, 0) is 25.8 Å². The fourth-order valence-corrected chi connectivity index (χ4v) is 2.40. The minimum atomic E-state index is -0.581. The van der Waals surface area contributed by atoms with E-state index in [9.17, 15) is 4.79 Å². The lowest BCUT2D eigenvalue weighted by Crippen LogP contribution is -2.51. The molecule has 68 valence electrons. The van der Waals surface area contributed by atoms with Crippen molar-refractivity contribution in [3.63, 3.8) is 0 Å². The van der Waals surface area contributed by atoms with Crippen LogP contribution in [0.2, 0.25) is 0 Å². The molecule has 2 rings (SSSR count). The van der Waals surface area contributed by atoms with Crippen LogP contribution in [0.25, 0.3) is 0 Å². The van der Waals surface area contributed by atoms with Crippen LogP contribution in [0.15, 0.2) is 0 Å². The Labute approximate surface area is 72.7 Å². The van der Waals surface area contributed by atoms with E-state index in [1.165, 1.54) is 0 Å². The molecule has 2 aliphatic heterocycles. The standard InChI is InChI=1S/C9H15NO2/c1-7-3-8-5-12-9(4-7,6-11)10(8)2/h6-8H,3-5H2,1-2H3. The van der Waals surface area contributed by atoms with Gasteiger partial charge in [-0.1, -0.05) is 6.92 Å². The molecule has 0 saturated carbocycles. The Bertz CT molecular complexity index is 207. The fraction of sp³-hybridized carbons (Fsp3) is 0.889. The van der Waals surface area contributed by atoms with Crippen molar-refractivity contribution in [2.24, 2.45) is 5.92 Å². The van der Waals surface area contributed by atoms with E-state index in [2.05, 4.69) is 11.8 Å². The van der Waals surface area contributed by atoms with Crippen LogP contribution in [0.5, 0.6) is 0 Å². The molecule has 0 amide bonds. The van der Waals surface area contributed by atoms with Crippen LogP contribution in [-0.2, 0) is 9.53 Å². The summed E-state index contributed by atoms with van der Waals surface area (Å²) in [6.07, 6.45) is 2.97. The molecule has 2 aliphatic rings. The first-order valence-corrected chi connectivity index (χ1v) is 4.51. The van der Waals surface area contributed by atoms with Crippen LogP contribution in [0.4, 0.5) is 0 Å². The molecule has 0 radical (unpaired) electrons. The van der Waals surface area contributed by atoms with Gasteiger partial charge >= 0.3 is 0 Å². The van der Waals surface area contributed by atoms with Crippen LogP contribution < -0.4 is 0 Å². The zero-order chi connectivity index (χ0) is 8.77. The third kappa shape index (κ3) is 0.930. The Balaban J connectivity index is 2.26. The summed E-state index contributed by atoms with van der Waals surface area (Å²) in [5.74, 6) is 0.610. The van der Waals surface area contributed by atoms with Gasteiger partial charge in [0, 0.05) is 6.04 Å². The van der Waals surface area contributed by atoms with Crippen molar-refractivity contribution in [2.75, 3.05) is 13.7 Å². The minimum absolute atomic E-state index is 0.457. The number of nitrogens with zero attached hydrogens (tertiary/aromatic N) is 1. The van der Waals surface area contributed by atoms with E-state index in [1.54, 1.807) is 0 Å². The summed E-state index contributed by atoms with van der Waals surface area (Å²) in [6.45, 7) is 2.91. The number of hydrogen-bond donors (Lipinski definition) is 0. The molecule has 2 fully saturated rings. The van der Waals surface area contributed by atoms with Crippen LogP contribution in [0.1, 0.15) is 19.8 Å². The Morgan fingerprint density at radius 2 is 2.42 bits per heavy atom. The van der Waals surface area contributed by atoms with Crippen LogP contribution in [-0.4, -0.2) is 36.6 Å². The number of rotatable bonds is 1. The fourth-order valence-electron chi connectivity index (χ4n) is 2.40. The molecule has 3 atom stereocenters. The summed E-state index contributed by atoms with van der Waals surface area (Å²) in [4.78, 5) is 13.0. The van der Waals surface area contributed by atoms with Gasteiger partial charge in [-0.25, -0.2) is 0 Å². The van der Waals surface area contributed by atoms with Crippen molar-refractivity contribution in [3.8, 4) is 0 Å². The molecule has 0 aromatic carbocycles. The van der Waals surface area contributed by atoms with E-state index < -0.39 is 5.72 Å². The number of likely N-dealkylation sites (N-methyl/N-ethyl adjacent to an activating group) is 1. The van der Waals surface area contributed by atoms with Gasteiger partial charge in [0.25, 0.3) is 0 Å². The third-order valence-corrected chi connectivity index (χ3v) is 3.17. The second-order valence-corrected chi connectivity index (χ2v) is 4.08. The van der Waals surface area contributed by atoms with Gasteiger partial charge in [0.15, 0.2) is 12.0 Å². The van der Waals surface area contributed by atoms with Gasteiger partial charge in [-0.2, -0.15) is 0 Å².